The van der Waals surface area contributed by atoms with Gasteiger partial charge in [-0.05, 0) is 51.5 Å². The van der Waals surface area contributed by atoms with Crippen molar-refractivity contribution in [1.82, 2.24) is 20.2 Å². The van der Waals surface area contributed by atoms with Crippen molar-refractivity contribution in [2.24, 2.45) is 0 Å². The SMILES string of the molecule is Cc1ccccc1C(=O)NC(C)c1nc2ccccc2n1CC(=O)NC(C)C. The molecule has 0 fully saturated rings. The Morgan fingerprint density at radius 2 is 1.68 bits per heavy atom. The van der Waals surface area contributed by atoms with E-state index in [4.69, 9.17) is 0 Å². The first-order chi connectivity index (χ1) is 13.4. The van der Waals surface area contributed by atoms with Gasteiger partial charge in [0.2, 0.25) is 5.91 Å². The number of aromatic nitrogens is 2. The molecular formula is C22H26N4O2. The molecule has 1 heterocycles. The Labute approximate surface area is 165 Å². The first-order valence-corrected chi connectivity index (χ1v) is 9.48. The highest BCUT2D eigenvalue weighted by Gasteiger charge is 2.21. The van der Waals surface area contributed by atoms with Crippen LogP contribution in [0.1, 0.15) is 48.6 Å². The number of carbonyl (C=O) groups is 2. The number of hydrogen-bond acceptors (Lipinski definition) is 3. The van der Waals surface area contributed by atoms with Gasteiger partial charge in [0.05, 0.1) is 17.1 Å². The summed E-state index contributed by atoms with van der Waals surface area (Å²) in [5.74, 6) is 0.412. The standard InChI is InChI=1S/C22H26N4O2/c1-14(2)23-20(27)13-26-19-12-8-7-11-18(19)25-21(26)16(4)24-22(28)17-10-6-5-9-15(17)3/h5-12,14,16H,13H2,1-4H3,(H,23,27)(H,24,28). The fraction of sp³-hybridized carbons (Fsp3) is 0.318. The molecule has 6 heteroatoms. The molecule has 0 aliphatic carbocycles. The molecule has 1 aromatic heterocycles. The Balaban J connectivity index is 1.90. The van der Waals surface area contributed by atoms with E-state index in [1.807, 2.05) is 74.7 Å². The third-order valence-electron chi connectivity index (χ3n) is 4.56. The van der Waals surface area contributed by atoms with Crippen molar-refractivity contribution in [3.05, 3.63) is 65.5 Å². The molecule has 3 aromatic rings. The molecule has 0 saturated heterocycles. The van der Waals surface area contributed by atoms with Gasteiger partial charge in [-0.15, -0.1) is 0 Å². The molecule has 0 radical (unpaired) electrons. The molecule has 2 amide bonds. The van der Waals surface area contributed by atoms with E-state index in [1.54, 1.807) is 6.07 Å². The van der Waals surface area contributed by atoms with Crippen LogP contribution in [0.3, 0.4) is 0 Å². The largest absolute Gasteiger partial charge is 0.352 e. The number of carbonyl (C=O) groups excluding carboxylic acids is 2. The van der Waals surface area contributed by atoms with Gasteiger partial charge in [0.1, 0.15) is 12.4 Å². The van der Waals surface area contributed by atoms with E-state index in [9.17, 15) is 9.59 Å². The number of hydrogen-bond donors (Lipinski definition) is 2. The maximum atomic E-state index is 12.7. The molecule has 28 heavy (non-hydrogen) atoms. The topological polar surface area (TPSA) is 76.0 Å². The van der Waals surface area contributed by atoms with Crippen LogP contribution < -0.4 is 10.6 Å². The van der Waals surface area contributed by atoms with Crippen LogP contribution in [-0.2, 0) is 11.3 Å². The Morgan fingerprint density at radius 1 is 1.00 bits per heavy atom. The number of para-hydroxylation sites is 2. The molecule has 146 valence electrons. The highest BCUT2D eigenvalue weighted by Crippen LogP contribution is 2.21. The average Bonchev–Trinajstić information content (AvgIpc) is 3.00. The number of rotatable bonds is 6. The highest BCUT2D eigenvalue weighted by molar-refractivity contribution is 5.95. The Bertz CT molecular complexity index is 1010. The lowest BCUT2D eigenvalue weighted by Crippen LogP contribution is -2.35. The maximum Gasteiger partial charge on any atom is 0.252 e. The Morgan fingerprint density at radius 3 is 2.39 bits per heavy atom. The number of nitrogens with one attached hydrogen (secondary N) is 2. The van der Waals surface area contributed by atoms with Crippen LogP contribution in [0.2, 0.25) is 0 Å². The van der Waals surface area contributed by atoms with Crippen LogP contribution in [0.15, 0.2) is 48.5 Å². The second-order valence-corrected chi connectivity index (χ2v) is 7.28. The van der Waals surface area contributed by atoms with Crippen molar-refractivity contribution in [2.75, 3.05) is 0 Å². The van der Waals surface area contributed by atoms with Gasteiger partial charge in [0.25, 0.3) is 5.91 Å². The minimum Gasteiger partial charge on any atom is -0.352 e. The summed E-state index contributed by atoms with van der Waals surface area (Å²) < 4.78 is 1.87. The van der Waals surface area contributed by atoms with Crippen LogP contribution in [0.4, 0.5) is 0 Å². The molecule has 2 N–H and O–H groups in total. The predicted octanol–water partition coefficient (Wildman–Crippen LogP) is 3.36. The van der Waals surface area contributed by atoms with Crippen molar-refractivity contribution in [3.63, 3.8) is 0 Å². The smallest absolute Gasteiger partial charge is 0.252 e. The van der Waals surface area contributed by atoms with E-state index in [-0.39, 0.29) is 30.4 Å². The average molecular weight is 378 g/mol. The molecule has 2 aromatic carbocycles. The summed E-state index contributed by atoms with van der Waals surface area (Å²) in [6.07, 6.45) is 0. The van der Waals surface area contributed by atoms with Crippen LogP contribution in [-0.4, -0.2) is 27.4 Å². The van der Waals surface area contributed by atoms with E-state index in [0.717, 1.165) is 16.6 Å². The summed E-state index contributed by atoms with van der Waals surface area (Å²) in [6.45, 7) is 7.80. The molecule has 0 aliphatic heterocycles. The summed E-state index contributed by atoms with van der Waals surface area (Å²) in [5, 5.41) is 5.93. The Kier molecular flexibility index (Phi) is 5.78. The monoisotopic (exact) mass is 378 g/mol. The normalized spacial score (nSPS) is 12.2. The van der Waals surface area contributed by atoms with Gasteiger partial charge in [0.15, 0.2) is 0 Å². The van der Waals surface area contributed by atoms with Crippen molar-refractivity contribution in [2.45, 2.75) is 46.3 Å². The van der Waals surface area contributed by atoms with Crippen LogP contribution >= 0.6 is 0 Å². The van der Waals surface area contributed by atoms with Gasteiger partial charge in [-0.2, -0.15) is 0 Å². The van der Waals surface area contributed by atoms with E-state index in [1.165, 1.54) is 0 Å². The molecule has 1 unspecified atom stereocenters. The summed E-state index contributed by atoms with van der Waals surface area (Å²) in [5.41, 5.74) is 3.21. The highest BCUT2D eigenvalue weighted by atomic mass is 16.2. The van der Waals surface area contributed by atoms with Gasteiger partial charge in [-0.1, -0.05) is 30.3 Å². The van der Waals surface area contributed by atoms with Gasteiger partial charge < -0.3 is 15.2 Å². The number of fused-ring (bicyclic) bond motifs is 1. The van der Waals surface area contributed by atoms with E-state index in [2.05, 4.69) is 15.6 Å². The second-order valence-electron chi connectivity index (χ2n) is 7.28. The summed E-state index contributed by atoms with van der Waals surface area (Å²) in [6, 6.07) is 14.8. The zero-order valence-corrected chi connectivity index (χ0v) is 16.7. The van der Waals surface area contributed by atoms with Crippen LogP contribution in [0.25, 0.3) is 11.0 Å². The molecule has 3 rings (SSSR count). The first kappa shape index (κ1) is 19.6. The number of imidazole rings is 1. The zero-order valence-electron chi connectivity index (χ0n) is 16.7. The second kappa shape index (κ2) is 8.25. The molecule has 6 nitrogen and oxygen atoms in total. The number of benzene rings is 2. The van der Waals surface area contributed by atoms with Crippen molar-refractivity contribution >= 4 is 22.8 Å². The minimum absolute atomic E-state index is 0.0592. The zero-order chi connectivity index (χ0) is 20.3. The van der Waals surface area contributed by atoms with Crippen LogP contribution in [0, 0.1) is 6.92 Å². The van der Waals surface area contributed by atoms with Crippen molar-refractivity contribution in [3.8, 4) is 0 Å². The lowest BCUT2D eigenvalue weighted by Gasteiger charge is -2.17. The number of nitrogens with zero attached hydrogens (tertiary/aromatic N) is 2. The van der Waals surface area contributed by atoms with Crippen LogP contribution in [0.5, 0.6) is 0 Å². The fourth-order valence-corrected chi connectivity index (χ4v) is 3.27. The van der Waals surface area contributed by atoms with Crippen molar-refractivity contribution < 1.29 is 9.59 Å². The van der Waals surface area contributed by atoms with E-state index in [0.29, 0.717) is 11.4 Å². The van der Waals surface area contributed by atoms with Gasteiger partial charge in [-0.25, -0.2) is 4.98 Å². The summed E-state index contributed by atoms with van der Waals surface area (Å²) in [4.78, 5) is 29.8. The summed E-state index contributed by atoms with van der Waals surface area (Å²) in [7, 11) is 0. The molecule has 0 saturated carbocycles. The molecule has 1 atom stereocenters. The quantitative estimate of drug-likeness (QED) is 0.691. The maximum absolute atomic E-state index is 12.7. The van der Waals surface area contributed by atoms with Gasteiger partial charge in [-0.3, -0.25) is 9.59 Å². The van der Waals surface area contributed by atoms with Crippen molar-refractivity contribution in [1.29, 1.82) is 0 Å². The lowest BCUT2D eigenvalue weighted by molar-refractivity contribution is -0.122. The number of amides is 2. The molecule has 0 spiro atoms. The Hall–Kier alpha value is -3.15. The van der Waals surface area contributed by atoms with E-state index < -0.39 is 0 Å². The molecular weight excluding hydrogens is 352 g/mol. The predicted molar refractivity (Wildman–Crippen MR) is 110 cm³/mol. The third-order valence-corrected chi connectivity index (χ3v) is 4.56. The molecule has 0 aliphatic rings. The third kappa shape index (κ3) is 4.22. The number of aryl methyl sites for hydroxylation is 1. The van der Waals surface area contributed by atoms with Gasteiger partial charge >= 0.3 is 0 Å². The minimum atomic E-state index is -0.355. The summed E-state index contributed by atoms with van der Waals surface area (Å²) >= 11 is 0. The first-order valence-electron chi connectivity index (χ1n) is 9.48. The fourth-order valence-electron chi connectivity index (χ4n) is 3.27. The lowest BCUT2D eigenvalue weighted by atomic mass is 10.1. The van der Waals surface area contributed by atoms with E-state index >= 15 is 0 Å². The van der Waals surface area contributed by atoms with Gasteiger partial charge in [0, 0.05) is 11.6 Å². The molecule has 0 bridgehead atoms.